The van der Waals surface area contributed by atoms with Crippen molar-refractivity contribution in [2.45, 2.75) is 6.42 Å². The summed E-state index contributed by atoms with van der Waals surface area (Å²) in [6.45, 7) is -0.241. The van der Waals surface area contributed by atoms with Gasteiger partial charge in [-0.2, -0.15) is 0 Å². The van der Waals surface area contributed by atoms with Crippen molar-refractivity contribution in [2.75, 3.05) is 24.4 Å². The number of carboxylic acids is 2. The molecule has 4 aromatic heterocycles. The van der Waals surface area contributed by atoms with Crippen LogP contribution in [-0.2, 0) is 6.42 Å². The normalized spacial score (nSPS) is 10.8. The number of nitrogens with one attached hydrogen (secondary N) is 2. The molecule has 0 saturated carbocycles. The van der Waals surface area contributed by atoms with Gasteiger partial charge in [0.15, 0.2) is 34.4 Å². The van der Waals surface area contributed by atoms with Crippen molar-refractivity contribution in [3.8, 4) is 17.3 Å². The van der Waals surface area contributed by atoms with Crippen LogP contribution in [0.1, 0.15) is 47.3 Å². The number of amides is 2. The third-order valence-electron chi connectivity index (χ3n) is 7.03. The Morgan fingerprint density at radius 3 is 2.22 bits per heavy atom. The Labute approximate surface area is 278 Å². The summed E-state index contributed by atoms with van der Waals surface area (Å²) >= 11 is 0. The van der Waals surface area contributed by atoms with Crippen LogP contribution in [0, 0.1) is 5.82 Å². The molecule has 4 N–H and O–H groups in total. The number of fused-ring (bicyclic) bond motifs is 1. The van der Waals surface area contributed by atoms with Gasteiger partial charge in [-0.15, -0.1) is 25.0 Å². The van der Waals surface area contributed by atoms with Gasteiger partial charge in [-0.05, 0) is 52.4 Å². The molecule has 2 aromatic carbocycles. The minimum Gasteiger partial charge on any atom is -0.496 e. The lowest BCUT2D eigenvalue weighted by molar-refractivity contribution is 0.0686. The van der Waals surface area contributed by atoms with Crippen LogP contribution in [0.5, 0.6) is 11.5 Å². The molecule has 0 bridgehead atoms. The van der Waals surface area contributed by atoms with E-state index in [9.17, 15) is 33.8 Å². The number of aromatic nitrogens is 9. The minimum absolute atomic E-state index is 0.0180. The summed E-state index contributed by atoms with van der Waals surface area (Å²) in [5.74, 6) is -5.33. The summed E-state index contributed by atoms with van der Waals surface area (Å²) < 4.78 is 28.5. The first-order valence-electron chi connectivity index (χ1n) is 14.2. The molecule has 0 aliphatic heterocycles. The topological polar surface area (TPSA) is 251 Å². The zero-order chi connectivity index (χ0) is 35.4. The highest BCUT2D eigenvalue weighted by molar-refractivity contribution is 6.08. The molecule has 0 aliphatic rings. The smallest absolute Gasteiger partial charge is 0.337 e. The third kappa shape index (κ3) is 6.83. The second kappa shape index (κ2) is 13.8. The molecule has 6 rings (SSSR count). The van der Waals surface area contributed by atoms with Crippen LogP contribution in [0.25, 0.3) is 11.5 Å². The predicted molar refractivity (Wildman–Crippen MR) is 166 cm³/mol. The Balaban J connectivity index is 1.17. The van der Waals surface area contributed by atoms with E-state index in [0.717, 1.165) is 10.7 Å². The van der Waals surface area contributed by atoms with Crippen molar-refractivity contribution in [1.82, 2.24) is 45.0 Å². The molecule has 0 saturated heterocycles. The maximum Gasteiger partial charge on any atom is 0.337 e. The lowest BCUT2D eigenvalue weighted by Crippen LogP contribution is -2.18. The summed E-state index contributed by atoms with van der Waals surface area (Å²) in [5, 5.41) is 47.0. The first-order chi connectivity index (χ1) is 24.1. The zero-order valence-electron chi connectivity index (χ0n) is 25.5. The van der Waals surface area contributed by atoms with Crippen molar-refractivity contribution in [1.29, 1.82) is 0 Å². The van der Waals surface area contributed by atoms with Gasteiger partial charge in [0.1, 0.15) is 12.1 Å². The molecule has 2 amide bonds. The lowest BCUT2D eigenvalue weighted by atomic mass is 10.0. The first kappa shape index (κ1) is 32.6. The molecule has 6 aromatic rings. The number of nitrogens with zero attached hydrogens (tertiary/aromatic N) is 9. The Kier molecular flexibility index (Phi) is 8.97. The molecule has 0 spiro atoms. The molecule has 0 aliphatic carbocycles. The molecule has 19 nitrogen and oxygen atoms in total. The number of hydrogen-bond donors (Lipinski definition) is 4. The third-order valence-corrected chi connectivity index (χ3v) is 7.03. The van der Waals surface area contributed by atoms with Crippen LogP contribution in [0.15, 0.2) is 67.3 Å². The number of carboxylic acid groups (broad SMARTS) is 2. The fourth-order valence-corrected chi connectivity index (χ4v) is 4.63. The molecule has 252 valence electrons. The number of carbonyl (C=O) groups is 4. The predicted octanol–water partition coefficient (Wildman–Crippen LogP) is 2.17. The Bertz CT molecular complexity index is 2260. The monoisotopic (exact) mass is 683 g/mol. The zero-order valence-corrected chi connectivity index (χ0v) is 25.5. The molecule has 4 heterocycles. The fourth-order valence-electron chi connectivity index (χ4n) is 4.63. The van der Waals surface area contributed by atoms with Gasteiger partial charge in [0, 0.05) is 30.9 Å². The minimum atomic E-state index is -1.52. The van der Waals surface area contributed by atoms with Gasteiger partial charge in [0.2, 0.25) is 0 Å². The number of methoxy groups -OCH3 is 1. The van der Waals surface area contributed by atoms with Gasteiger partial charge < -0.3 is 30.3 Å². The molecular formula is C30H22FN11O8. The van der Waals surface area contributed by atoms with Crippen molar-refractivity contribution >= 4 is 40.8 Å². The van der Waals surface area contributed by atoms with E-state index in [0.29, 0.717) is 23.1 Å². The number of anilines is 2. The number of imidazole rings is 1. The van der Waals surface area contributed by atoms with E-state index in [2.05, 4.69) is 46.4 Å². The van der Waals surface area contributed by atoms with E-state index in [1.165, 1.54) is 56.0 Å². The van der Waals surface area contributed by atoms with Crippen molar-refractivity contribution in [3.63, 3.8) is 0 Å². The number of ether oxygens (including phenoxy) is 2. The highest BCUT2D eigenvalue weighted by Crippen LogP contribution is 2.30. The molecule has 0 radical (unpaired) electrons. The summed E-state index contributed by atoms with van der Waals surface area (Å²) in [4.78, 5) is 53.7. The van der Waals surface area contributed by atoms with Gasteiger partial charge in [-0.3, -0.25) is 14.2 Å². The van der Waals surface area contributed by atoms with Gasteiger partial charge in [-0.1, -0.05) is 0 Å². The first-order valence-corrected chi connectivity index (χ1v) is 14.2. The highest BCUT2D eigenvalue weighted by atomic mass is 19.1. The molecule has 50 heavy (non-hydrogen) atoms. The van der Waals surface area contributed by atoms with E-state index >= 15 is 0 Å². The molecular weight excluding hydrogens is 661 g/mol. The average molecular weight is 684 g/mol. The summed E-state index contributed by atoms with van der Waals surface area (Å²) in [5.41, 5.74) is -0.847. The molecule has 0 unspecified atom stereocenters. The number of hydrogen-bond acceptors (Lipinski definition) is 13. The van der Waals surface area contributed by atoms with E-state index in [1.54, 1.807) is 10.8 Å². The molecule has 20 heteroatoms. The summed E-state index contributed by atoms with van der Waals surface area (Å²) in [7, 11) is 1.33. The SMILES string of the molecule is COc1cc(NC(=O)c2ccc3nnnn3n2)c(C(=O)O)cc1CCOc1cc(NC(=O)c2ccc(-n3ccnc3)nn2)c(C(=O)O)cc1F. The highest BCUT2D eigenvalue weighted by Gasteiger charge is 2.22. The van der Waals surface area contributed by atoms with Crippen LogP contribution < -0.4 is 20.1 Å². The summed E-state index contributed by atoms with van der Waals surface area (Å²) in [6.07, 6.45) is 4.63. The van der Waals surface area contributed by atoms with Crippen LogP contribution in [-0.4, -0.2) is 92.7 Å². The van der Waals surface area contributed by atoms with Crippen LogP contribution in [0.2, 0.25) is 0 Å². The van der Waals surface area contributed by atoms with Gasteiger partial charge in [-0.25, -0.2) is 19.0 Å². The van der Waals surface area contributed by atoms with Crippen LogP contribution >= 0.6 is 0 Å². The number of tetrazole rings is 1. The number of rotatable bonds is 12. The van der Waals surface area contributed by atoms with Crippen molar-refractivity contribution < 1.29 is 43.3 Å². The standard InChI is InChI=1S/C30H22FN11O8/c1-49-23-12-21(34-28(44)20-3-5-26-37-39-40-42(26)38-20)16(29(45)46)10-15(23)6-9-50-24-13-22(17(30(47)48)11-18(24)31)33-27(43)19-2-4-25(36-35-19)41-8-7-32-14-41/h2-5,7-8,10-14H,6,9H2,1H3,(H,33,43)(H,34,44)(H,45,46)(H,47,48). The van der Waals surface area contributed by atoms with Crippen LogP contribution in [0.3, 0.4) is 0 Å². The number of benzene rings is 2. The van der Waals surface area contributed by atoms with Crippen LogP contribution in [0.4, 0.5) is 15.8 Å². The van der Waals surface area contributed by atoms with E-state index in [1.807, 2.05) is 0 Å². The number of halogens is 1. The second-order valence-electron chi connectivity index (χ2n) is 10.1. The Morgan fingerprint density at radius 1 is 0.860 bits per heavy atom. The largest absolute Gasteiger partial charge is 0.496 e. The Hall–Kier alpha value is -7.38. The van der Waals surface area contributed by atoms with E-state index in [4.69, 9.17) is 9.47 Å². The summed E-state index contributed by atoms with van der Waals surface area (Å²) in [6, 6.07) is 9.92. The van der Waals surface area contributed by atoms with Gasteiger partial charge in [0.05, 0.1) is 36.2 Å². The maximum atomic E-state index is 15.0. The molecule has 0 fully saturated rings. The number of carbonyl (C=O) groups excluding carboxylic acids is 2. The second-order valence-corrected chi connectivity index (χ2v) is 10.1. The van der Waals surface area contributed by atoms with Gasteiger partial charge in [0.25, 0.3) is 11.8 Å². The van der Waals surface area contributed by atoms with Crippen molar-refractivity contribution in [2.24, 2.45) is 0 Å². The molecule has 0 atom stereocenters. The van der Waals surface area contributed by atoms with Crippen molar-refractivity contribution in [3.05, 3.63) is 101 Å². The Morgan fingerprint density at radius 2 is 1.56 bits per heavy atom. The fraction of sp³-hybridized carbons (Fsp3) is 0.100. The average Bonchev–Trinajstić information content (AvgIpc) is 3.82. The van der Waals surface area contributed by atoms with E-state index in [-0.39, 0.29) is 47.1 Å². The van der Waals surface area contributed by atoms with E-state index < -0.39 is 40.9 Å². The lowest BCUT2D eigenvalue weighted by Gasteiger charge is -2.16. The van der Waals surface area contributed by atoms with Gasteiger partial charge >= 0.3 is 11.9 Å². The number of aromatic carboxylic acids is 2. The quantitative estimate of drug-likeness (QED) is 0.144. The maximum absolute atomic E-state index is 15.0.